The standard InChI is InChI=1S/C11H14FN3O/c12-9-3-1-2-8(10(9)13)11(16)15-6-4-14-5-7-15/h1-3,14H,4-7,13H2. The summed E-state index contributed by atoms with van der Waals surface area (Å²) in [7, 11) is 0. The molecule has 2 rings (SSSR count). The number of carbonyl (C=O) groups excluding carboxylic acids is 1. The Hall–Kier alpha value is -1.62. The van der Waals surface area contributed by atoms with Gasteiger partial charge in [-0.2, -0.15) is 0 Å². The molecule has 4 nitrogen and oxygen atoms in total. The van der Waals surface area contributed by atoms with Crippen molar-refractivity contribution in [3.8, 4) is 0 Å². The molecule has 1 aromatic carbocycles. The minimum absolute atomic E-state index is 0.0639. The third kappa shape index (κ3) is 1.99. The highest BCUT2D eigenvalue weighted by atomic mass is 19.1. The Bertz CT molecular complexity index is 402. The molecule has 0 bridgehead atoms. The van der Waals surface area contributed by atoms with Crippen molar-refractivity contribution in [2.24, 2.45) is 0 Å². The van der Waals surface area contributed by atoms with Crippen molar-refractivity contribution >= 4 is 11.6 Å². The number of hydrogen-bond acceptors (Lipinski definition) is 3. The Morgan fingerprint density at radius 1 is 1.38 bits per heavy atom. The Kier molecular flexibility index (Phi) is 3.05. The normalized spacial score (nSPS) is 16.2. The van der Waals surface area contributed by atoms with Crippen LogP contribution in [-0.2, 0) is 0 Å². The Balaban J connectivity index is 2.22. The number of benzene rings is 1. The van der Waals surface area contributed by atoms with E-state index in [1.165, 1.54) is 12.1 Å². The monoisotopic (exact) mass is 223 g/mol. The van der Waals surface area contributed by atoms with Gasteiger partial charge in [0.2, 0.25) is 0 Å². The molecule has 0 radical (unpaired) electrons. The second kappa shape index (κ2) is 4.49. The molecule has 0 spiro atoms. The van der Waals surface area contributed by atoms with Crippen LogP contribution in [-0.4, -0.2) is 37.0 Å². The van der Waals surface area contributed by atoms with Crippen LogP contribution in [0.2, 0.25) is 0 Å². The van der Waals surface area contributed by atoms with E-state index in [9.17, 15) is 9.18 Å². The van der Waals surface area contributed by atoms with Crippen molar-refractivity contribution in [2.45, 2.75) is 0 Å². The number of nitrogen functional groups attached to an aromatic ring is 1. The maximum absolute atomic E-state index is 13.2. The molecule has 86 valence electrons. The second-order valence-corrected chi connectivity index (χ2v) is 3.74. The lowest BCUT2D eigenvalue weighted by Crippen LogP contribution is -2.46. The van der Waals surface area contributed by atoms with E-state index in [1.54, 1.807) is 11.0 Å². The van der Waals surface area contributed by atoms with Gasteiger partial charge in [-0.25, -0.2) is 4.39 Å². The Labute approximate surface area is 93.2 Å². The molecule has 1 fully saturated rings. The zero-order valence-corrected chi connectivity index (χ0v) is 8.87. The molecular weight excluding hydrogens is 209 g/mol. The van der Waals surface area contributed by atoms with E-state index in [2.05, 4.69) is 5.32 Å². The van der Waals surface area contributed by atoms with Crippen molar-refractivity contribution in [1.29, 1.82) is 0 Å². The van der Waals surface area contributed by atoms with Crippen LogP contribution in [0.5, 0.6) is 0 Å². The number of amides is 1. The molecule has 1 amide bonds. The van der Waals surface area contributed by atoms with E-state index in [0.717, 1.165) is 13.1 Å². The largest absolute Gasteiger partial charge is 0.396 e. The van der Waals surface area contributed by atoms with Crippen molar-refractivity contribution in [3.63, 3.8) is 0 Å². The average molecular weight is 223 g/mol. The summed E-state index contributed by atoms with van der Waals surface area (Å²) in [5.74, 6) is -0.737. The highest BCUT2D eigenvalue weighted by molar-refractivity contribution is 5.99. The lowest BCUT2D eigenvalue weighted by Gasteiger charge is -2.27. The zero-order chi connectivity index (χ0) is 11.5. The van der Waals surface area contributed by atoms with Gasteiger partial charge in [0.25, 0.3) is 5.91 Å². The quantitative estimate of drug-likeness (QED) is 0.680. The predicted octanol–water partition coefficient (Wildman–Crippen LogP) is 0.453. The fourth-order valence-corrected chi connectivity index (χ4v) is 1.76. The summed E-state index contributed by atoms with van der Waals surface area (Å²) in [4.78, 5) is 13.7. The Morgan fingerprint density at radius 2 is 2.06 bits per heavy atom. The second-order valence-electron chi connectivity index (χ2n) is 3.74. The minimum Gasteiger partial charge on any atom is -0.396 e. The first-order valence-corrected chi connectivity index (χ1v) is 5.24. The fraction of sp³-hybridized carbons (Fsp3) is 0.364. The summed E-state index contributed by atoms with van der Waals surface area (Å²) in [6.07, 6.45) is 0. The van der Waals surface area contributed by atoms with Gasteiger partial charge in [-0.15, -0.1) is 0 Å². The molecule has 1 aliphatic rings. The van der Waals surface area contributed by atoms with Crippen LogP contribution in [0, 0.1) is 5.82 Å². The summed E-state index contributed by atoms with van der Waals surface area (Å²) < 4.78 is 13.2. The smallest absolute Gasteiger partial charge is 0.256 e. The lowest BCUT2D eigenvalue weighted by atomic mass is 10.1. The maximum Gasteiger partial charge on any atom is 0.256 e. The van der Waals surface area contributed by atoms with Crippen LogP contribution in [0.4, 0.5) is 10.1 Å². The van der Waals surface area contributed by atoms with Crippen molar-refractivity contribution in [3.05, 3.63) is 29.6 Å². The van der Waals surface area contributed by atoms with Gasteiger partial charge in [-0.3, -0.25) is 4.79 Å². The summed E-state index contributed by atoms with van der Waals surface area (Å²) in [5.41, 5.74) is 5.74. The first-order valence-electron chi connectivity index (χ1n) is 5.24. The van der Waals surface area contributed by atoms with Crippen LogP contribution >= 0.6 is 0 Å². The van der Waals surface area contributed by atoms with Crippen molar-refractivity contribution in [1.82, 2.24) is 10.2 Å². The van der Waals surface area contributed by atoms with Crippen LogP contribution in [0.25, 0.3) is 0 Å². The molecule has 16 heavy (non-hydrogen) atoms. The maximum atomic E-state index is 13.2. The summed E-state index contributed by atoms with van der Waals surface area (Å²) in [5, 5.41) is 3.15. The van der Waals surface area contributed by atoms with Gasteiger partial charge in [-0.05, 0) is 12.1 Å². The molecule has 1 heterocycles. The van der Waals surface area contributed by atoms with E-state index in [0.29, 0.717) is 13.1 Å². The topological polar surface area (TPSA) is 58.4 Å². The highest BCUT2D eigenvalue weighted by Gasteiger charge is 2.20. The predicted molar refractivity (Wildman–Crippen MR) is 59.6 cm³/mol. The molecule has 5 heteroatoms. The number of nitrogens with zero attached hydrogens (tertiary/aromatic N) is 1. The van der Waals surface area contributed by atoms with Gasteiger partial charge in [0.05, 0.1) is 11.3 Å². The average Bonchev–Trinajstić information content (AvgIpc) is 2.33. The first-order chi connectivity index (χ1) is 7.70. The molecule has 0 aromatic heterocycles. The van der Waals surface area contributed by atoms with Crippen molar-refractivity contribution in [2.75, 3.05) is 31.9 Å². The molecule has 0 unspecified atom stereocenters. The number of nitrogens with one attached hydrogen (secondary N) is 1. The van der Waals surface area contributed by atoms with E-state index < -0.39 is 5.82 Å². The van der Waals surface area contributed by atoms with Crippen molar-refractivity contribution < 1.29 is 9.18 Å². The highest BCUT2D eigenvalue weighted by Crippen LogP contribution is 2.17. The summed E-state index contributed by atoms with van der Waals surface area (Å²) in [6, 6.07) is 4.31. The molecule has 0 atom stereocenters. The molecule has 1 aliphatic heterocycles. The number of halogens is 1. The van der Waals surface area contributed by atoms with Crippen LogP contribution in [0.15, 0.2) is 18.2 Å². The minimum atomic E-state index is -0.541. The molecular formula is C11H14FN3O. The number of hydrogen-bond donors (Lipinski definition) is 2. The lowest BCUT2D eigenvalue weighted by molar-refractivity contribution is 0.0736. The van der Waals surface area contributed by atoms with Gasteiger partial charge in [-0.1, -0.05) is 6.07 Å². The number of carbonyl (C=O) groups is 1. The number of anilines is 1. The van der Waals surface area contributed by atoms with Gasteiger partial charge < -0.3 is 16.0 Å². The summed E-state index contributed by atoms with van der Waals surface area (Å²) >= 11 is 0. The first kappa shape index (κ1) is 10.9. The van der Waals surface area contributed by atoms with Gasteiger partial charge in [0.15, 0.2) is 0 Å². The van der Waals surface area contributed by atoms with Crippen LogP contribution in [0.3, 0.4) is 0 Å². The Morgan fingerprint density at radius 3 is 2.75 bits per heavy atom. The van der Waals surface area contributed by atoms with Gasteiger partial charge >= 0.3 is 0 Å². The summed E-state index contributed by atoms with van der Waals surface area (Å²) in [6.45, 7) is 2.80. The van der Waals surface area contributed by atoms with E-state index in [1.807, 2.05) is 0 Å². The number of piperazine rings is 1. The number of para-hydroxylation sites is 1. The SMILES string of the molecule is Nc1c(F)cccc1C(=O)N1CCNCC1. The zero-order valence-electron chi connectivity index (χ0n) is 8.87. The molecule has 0 saturated carbocycles. The number of rotatable bonds is 1. The van der Waals surface area contributed by atoms with Crippen LogP contribution < -0.4 is 11.1 Å². The van der Waals surface area contributed by atoms with Crippen LogP contribution in [0.1, 0.15) is 10.4 Å². The van der Waals surface area contributed by atoms with E-state index in [4.69, 9.17) is 5.73 Å². The molecule has 1 saturated heterocycles. The van der Waals surface area contributed by atoms with E-state index in [-0.39, 0.29) is 17.2 Å². The van der Waals surface area contributed by atoms with E-state index >= 15 is 0 Å². The molecule has 0 aliphatic carbocycles. The molecule has 3 N–H and O–H groups in total. The van der Waals surface area contributed by atoms with Gasteiger partial charge in [0, 0.05) is 26.2 Å². The fourth-order valence-electron chi connectivity index (χ4n) is 1.76. The third-order valence-electron chi connectivity index (χ3n) is 2.69. The number of nitrogens with two attached hydrogens (primary N) is 1. The molecule has 1 aromatic rings. The van der Waals surface area contributed by atoms with Gasteiger partial charge in [0.1, 0.15) is 5.82 Å². The third-order valence-corrected chi connectivity index (χ3v) is 2.69.